The lowest BCUT2D eigenvalue weighted by atomic mass is 9.99. The zero-order valence-corrected chi connectivity index (χ0v) is 10.9. The molecular weight excluding hydrogens is 214 g/mol. The lowest BCUT2D eigenvalue weighted by Crippen LogP contribution is -2.43. The predicted molar refractivity (Wildman–Crippen MR) is 61.4 cm³/mol. The summed E-state index contributed by atoms with van der Waals surface area (Å²) in [6.07, 6.45) is -0.0108. The summed E-state index contributed by atoms with van der Waals surface area (Å²) in [6.45, 7) is 8.04. The molecule has 0 radical (unpaired) electrons. The molecule has 0 amide bonds. The molecule has 0 saturated heterocycles. The van der Waals surface area contributed by atoms with Crippen molar-refractivity contribution in [2.24, 2.45) is 5.73 Å². The Morgan fingerprint density at radius 3 is 1.80 bits per heavy atom. The number of nitrogens with two attached hydrogens (primary N) is 1. The third-order valence-electron chi connectivity index (χ3n) is 2.25. The number of hydrogen-bond acceptors (Lipinski definition) is 4. The van der Waals surface area contributed by atoms with Crippen LogP contribution in [0.3, 0.4) is 0 Å². The van der Waals surface area contributed by atoms with Gasteiger partial charge < -0.3 is 5.73 Å². The van der Waals surface area contributed by atoms with Crippen molar-refractivity contribution in [1.29, 1.82) is 0 Å². The number of sulfone groups is 1. The fourth-order valence-electron chi connectivity index (χ4n) is 0.855. The van der Waals surface area contributed by atoms with Gasteiger partial charge in [0.05, 0.1) is 16.0 Å². The summed E-state index contributed by atoms with van der Waals surface area (Å²) in [7, 11) is -3.23. The third kappa shape index (κ3) is 4.30. The summed E-state index contributed by atoms with van der Waals surface area (Å²) >= 11 is 0. The van der Waals surface area contributed by atoms with E-state index in [1.165, 1.54) is 0 Å². The lowest BCUT2D eigenvalue weighted by molar-refractivity contribution is -0.122. The van der Waals surface area contributed by atoms with Crippen LogP contribution < -0.4 is 5.73 Å². The summed E-state index contributed by atoms with van der Waals surface area (Å²) in [5, 5.41) is 0. The zero-order valence-electron chi connectivity index (χ0n) is 10.1. The highest BCUT2D eigenvalue weighted by Gasteiger charge is 2.31. The number of carbonyl (C=O) groups excluding carboxylic acids is 1. The van der Waals surface area contributed by atoms with E-state index < -0.39 is 20.1 Å². The number of rotatable bonds is 4. The summed E-state index contributed by atoms with van der Waals surface area (Å²) < 4.78 is 22.6. The van der Waals surface area contributed by atoms with E-state index in [-0.39, 0.29) is 18.0 Å². The summed E-state index contributed by atoms with van der Waals surface area (Å²) in [5.74, 6) is -0.356. The molecule has 0 aliphatic heterocycles. The molecule has 5 heteroatoms. The van der Waals surface area contributed by atoms with Crippen LogP contribution in [0.4, 0.5) is 0 Å². The Kier molecular flexibility index (Phi) is 4.10. The molecule has 0 bridgehead atoms. The summed E-state index contributed by atoms with van der Waals surface area (Å²) in [6, 6.07) is 0. The molecule has 4 nitrogen and oxygen atoms in total. The van der Waals surface area contributed by atoms with Gasteiger partial charge in [-0.15, -0.1) is 0 Å². The van der Waals surface area contributed by atoms with E-state index in [4.69, 9.17) is 5.73 Å². The first-order valence-electron chi connectivity index (χ1n) is 4.92. The van der Waals surface area contributed by atoms with Gasteiger partial charge in [-0.2, -0.15) is 0 Å². The van der Waals surface area contributed by atoms with E-state index in [9.17, 15) is 13.2 Å². The quantitative estimate of drug-likeness (QED) is 0.785. The Morgan fingerprint density at radius 1 is 1.13 bits per heavy atom. The minimum Gasteiger partial charge on any atom is -0.319 e. The standard InChI is InChI=1S/C10H21NO3S/c1-9(2,3)15(13,14)7-6-8(12)10(4,5)11/h6-7,11H2,1-5H3. The van der Waals surface area contributed by atoms with Gasteiger partial charge in [-0.05, 0) is 34.6 Å². The molecule has 0 heterocycles. The Hall–Kier alpha value is -0.420. The van der Waals surface area contributed by atoms with Gasteiger partial charge in [0.1, 0.15) is 0 Å². The molecule has 0 aromatic heterocycles. The van der Waals surface area contributed by atoms with Crippen molar-refractivity contribution in [3.05, 3.63) is 0 Å². The Balaban J connectivity index is 4.51. The molecular formula is C10H21NO3S. The fraction of sp³-hybridized carbons (Fsp3) is 0.900. The minimum absolute atomic E-state index is 0.0108. The molecule has 0 unspecified atom stereocenters. The lowest BCUT2D eigenvalue weighted by Gasteiger charge is -2.21. The molecule has 0 atom stereocenters. The molecule has 0 spiro atoms. The predicted octanol–water partition coefficient (Wildman–Crippen LogP) is 0.896. The van der Waals surface area contributed by atoms with Gasteiger partial charge in [-0.3, -0.25) is 4.79 Å². The van der Waals surface area contributed by atoms with Gasteiger partial charge in [0, 0.05) is 6.42 Å². The normalized spacial score (nSPS) is 14.0. The summed E-state index contributed by atoms with van der Waals surface area (Å²) in [4.78, 5) is 11.4. The molecule has 0 rings (SSSR count). The van der Waals surface area contributed by atoms with Crippen LogP contribution in [-0.2, 0) is 14.6 Å². The Labute approximate surface area is 92.2 Å². The van der Waals surface area contributed by atoms with Crippen molar-refractivity contribution < 1.29 is 13.2 Å². The van der Waals surface area contributed by atoms with E-state index in [0.29, 0.717) is 0 Å². The van der Waals surface area contributed by atoms with Gasteiger partial charge in [-0.25, -0.2) is 8.42 Å². The van der Waals surface area contributed by atoms with Crippen molar-refractivity contribution in [1.82, 2.24) is 0 Å². The highest BCUT2D eigenvalue weighted by atomic mass is 32.2. The van der Waals surface area contributed by atoms with E-state index in [2.05, 4.69) is 0 Å². The second-order valence-electron chi connectivity index (χ2n) is 5.33. The second kappa shape index (κ2) is 4.22. The average Bonchev–Trinajstić information content (AvgIpc) is 1.96. The molecule has 15 heavy (non-hydrogen) atoms. The van der Waals surface area contributed by atoms with Gasteiger partial charge in [0.25, 0.3) is 0 Å². The van der Waals surface area contributed by atoms with Gasteiger partial charge in [0.15, 0.2) is 15.6 Å². The first kappa shape index (κ1) is 14.6. The van der Waals surface area contributed by atoms with Crippen LogP contribution in [0.2, 0.25) is 0 Å². The van der Waals surface area contributed by atoms with Crippen LogP contribution in [-0.4, -0.2) is 30.2 Å². The molecule has 0 aliphatic rings. The Bertz CT molecular complexity index is 331. The number of carbonyl (C=O) groups is 1. The van der Waals surface area contributed by atoms with Crippen LogP contribution in [0.15, 0.2) is 0 Å². The number of ketones is 1. The van der Waals surface area contributed by atoms with Crippen LogP contribution in [0, 0.1) is 0 Å². The van der Waals surface area contributed by atoms with Crippen molar-refractivity contribution in [3.63, 3.8) is 0 Å². The average molecular weight is 235 g/mol. The topological polar surface area (TPSA) is 77.2 Å². The Morgan fingerprint density at radius 2 is 1.53 bits per heavy atom. The molecule has 0 aromatic rings. The first-order chi connectivity index (χ1) is 6.38. The molecule has 2 N–H and O–H groups in total. The largest absolute Gasteiger partial charge is 0.319 e. The fourth-order valence-corrected chi connectivity index (χ4v) is 1.92. The van der Waals surface area contributed by atoms with Crippen molar-refractivity contribution in [2.75, 3.05) is 5.75 Å². The minimum atomic E-state index is -3.23. The monoisotopic (exact) mass is 235 g/mol. The summed E-state index contributed by atoms with van der Waals surface area (Å²) in [5.41, 5.74) is 4.62. The van der Waals surface area contributed by atoms with E-state index in [1.54, 1.807) is 34.6 Å². The van der Waals surface area contributed by atoms with Crippen molar-refractivity contribution >= 4 is 15.6 Å². The second-order valence-corrected chi connectivity index (χ2v) is 8.19. The van der Waals surface area contributed by atoms with Gasteiger partial charge >= 0.3 is 0 Å². The molecule has 90 valence electrons. The smallest absolute Gasteiger partial charge is 0.155 e. The number of hydrogen-bond donors (Lipinski definition) is 1. The van der Waals surface area contributed by atoms with E-state index in [1.807, 2.05) is 0 Å². The third-order valence-corrected chi connectivity index (χ3v) is 4.86. The van der Waals surface area contributed by atoms with Gasteiger partial charge in [0.2, 0.25) is 0 Å². The maximum Gasteiger partial charge on any atom is 0.155 e. The van der Waals surface area contributed by atoms with Crippen molar-refractivity contribution in [3.8, 4) is 0 Å². The van der Waals surface area contributed by atoms with E-state index in [0.717, 1.165) is 0 Å². The van der Waals surface area contributed by atoms with Crippen LogP contribution in [0.1, 0.15) is 41.0 Å². The first-order valence-corrected chi connectivity index (χ1v) is 6.57. The molecule has 0 fully saturated rings. The highest BCUT2D eigenvalue weighted by Crippen LogP contribution is 2.17. The maximum atomic E-state index is 11.7. The maximum absolute atomic E-state index is 11.7. The van der Waals surface area contributed by atoms with Crippen LogP contribution in [0.25, 0.3) is 0 Å². The molecule has 0 aromatic carbocycles. The van der Waals surface area contributed by atoms with Gasteiger partial charge in [-0.1, -0.05) is 0 Å². The van der Waals surface area contributed by atoms with Crippen LogP contribution in [0.5, 0.6) is 0 Å². The van der Waals surface area contributed by atoms with Crippen molar-refractivity contribution in [2.45, 2.75) is 51.3 Å². The van der Waals surface area contributed by atoms with Crippen LogP contribution >= 0.6 is 0 Å². The van der Waals surface area contributed by atoms with E-state index >= 15 is 0 Å². The SMILES string of the molecule is CC(C)(N)C(=O)CCS(=O)(=O)C(C)(C)C. The zero-order chi connectivity index (χ0) is 12.5. The molecule has 0 saturated carbocycles. The number of Topliss-reactive ketones (excluding diaryl/α,β-unsaturated/α-hetero) is 1. The molecule has 0 aliphatic carbocycles. The highest BCUT2D eigenvalue weighted by molar-refractivity contribution is 7.92.